The molecule has 164 valence electrons. The molecule has 0 saturated heterocycles. The molecule has 1 heterocycles. The van der Waals surface area contributed by atoms with Gasteiger partial charge < -0.3 is 10.1 Å². The van der Waals surface area contributed by atoms with E-state index in [2.05, 4.69) is 5.32 Å². The van der Waals surface area contributed by atoms with Crippen molar-refractivity contribution in [1.29, 1.82) is 0 Å². The highest BCUT2D eigenvalue weighted by molar-refractivity contribution is 7.93. The minimum atomic E-state index is -3.95. The van der Waals surface area contributed by atoms with E-state index in [1.54, 1.807) is 55.5 Å². The van der Waals surface area contributed by atoms with Crippen molar-refractivity contribution in [3.8, 4) is 11.1 Å². The van der Waals surface area contributed by atoms with Gasteiger partial charge in [0, 0.05) is 11.1 Å². The Morgan fingerprint density at radius 3 is 2.47 bits per heavy atom. The lowest BCUT2D eigenvalue weighted by atomic mass is 10.0. The van der Waals surface area contributed by atoms with E-state index in [0.717, 1.165) is 15.4 Å². The second-order valence-corrected chi connectivity index (χ2v) is 9.17. The summed E-state index contributed by atoms with van der Waals surface area (Å²) in [6, 6.07) is 18.6. The number of carbonyl (C=O) groups is 2. The first kappa shape index (κ1) is 21.6. The minimum Gasteiger partial charge on any atom is -0.462 e. The van der Waals surface area contributed by atoms with Gasteiger partial charge in [0.15, 0.2) is 0 Å². The van der Waals surface area contributed by atoms with E-state index in [4.69, 9.17) is 4.74 Å². The third-order valence-electron chi connectivity index (χ3n) is 5.15. The molecule has 32 heavy (non-hydrogen) atoms. The van der Waals surface area contributed by atoms with Gasteiger partial charge >= 0.3 is 5.97 Å². The van der Waals surface area contributed by atoms with Crippen LogP contribution in [0, 0.1) is 6.92 Å². The van der Waals surface area contributed by atoms with Gasteiger partial charge in [0.2, 0.25) is 5.91 Å². The maximum absolute atomic E-state index is 13.4. The van der Waals surface area contributed by atoms with Crippen LogP contribution in [0.5, 0.6) is 0 Å². The molecule has 0 fully saturated rings. The first-order chi connectivity index (χ1) is 15.3. The largest absolute Gasteiger partial charge is 0.462 e. The van der Waals surface area contributed by atoms with Gasteiger partial charge in [-0.15, -0.1) is 0 Å². The van der Waals surface area contributed by atoms with Crippen LogP contribution < -0.4 is 9.62 Å². The first-order valence-electron chi connectivity index (χ1n) is 10.1. The molecule has 8 heteroatoms. The molecule has 1 aliphatic heterocycles. The number of nitrogens with one attached hydrogen (secondary N) is 1. The molecule has 0 radical (unpaired) electrons. The molecule has 0 bridgehead atoms. The standard InChI is InChI=1S/C24H22N2O5S/c1-3-31-24(28)18-9-4-6-10-20(18)25-23(27)15-26-21-13-12-16(2)14-19(21)17-8-5-7-11-22(17)32(26,29)30/h4-14H,3,15H2,1-2H3,(H,25,27). The van der Waals surface area contributed by atoms with Gasteiger partial charge in [-0.1, -0.05) is 42.0 Å². The van der Waals surface area contributed by atoms with E-state index in [0.29, 0.717) is 11.3 Å². The topological polar surface area (TPSA) is 92.8 Å². The fourth-order valence-electron chi connectivity index (χ4n) is 3.71. The Labute approximate surface area is 186 Å². The number of fused-ring (bicyclic) bond motifs is 3. The fourth-order valence-corrected chi connectivity index (χ4v) is 5.36. The van der Waals surface area contributed by atoms with Crippen LogP contribution in [0.3, 0.4) is 0 Å². The number of anilines is 2. The Kier molecular flexibility index (Phi) is 5.71. The summed E-state index contributed by atoms with van der Waals surface area (Å²) >= 11 is 0. The highest BCUT2D eigenvalue weighted by Gasteiger charge is 2.36. The lowest BCUT2D eigenvalue weighted by Gasteiger charge is -2.32. The Hall–Kier alpha value is -3.65. The number of rotatable bonds is 5. The van der Waals surface area contributed by atoms with Crippen LogP contribution in [0.15, 0.2) is 71.6 Å². The number of para-hydroxylation sites is 1. The van der Waals surface area contributed by atoms with Crippen molar-refractivity contribution in [3.05, 3.63) is 77.9 Å². The van der Waals surface area contributed by atoms with Crippen LogP contribution in [0.2, 0.25) is 0 Å². The van der Waals surface area contributed by atoms with Crippen molar-refractivity contribution in [2.24, 2.45) is 0 Å². The van der Waals surface area contributed by atoms with Gasteiger partial charge in [-0.25, -0.2) is 13.2 Å². The molecule has 1 N–H and O–H groups in total. The zero-order valence-electron chi connectivity index (χ0n) is 17.7. The summed E-state index contributed by atoms with van der Waals surface area (Å²) in [6.45, 7) is 3.37. The van der Waals surface area contributed by atoms with E-state index >= 15 is 0 Å². The van der Waals surface area contributed by atoms with Crippen LogP contribution in [0.4, 0.5) is 11.4 Å². The predicted molar refractivity (Wildman–Crippen MR) is 122 cm³/mol. The van der Waals surface area contributed by atoms with Gasteiger partial charge in [-0.2, -0.15) is 0 Å². The number of benzene rings is 3. The first-order valence-corrected chi connectivity index (χ1v) is 11.6. The summed E-state index contributed by atoms with van der Waals surface area (Å²) in [5, 5.41) is 2.66. The van der Waals surface area contributed by atoms with Crippen molar-refractivity contribution < 1.29 is 22.7 Å². The van der Waals surface area contributed by atoms with E-state index in [1.807, 2.05) is 19.1 Å². The van der Waals surface area contributed by atoms with Crippen LogP contribution in [-0.4, -0.2) is 33.4 Å². The quantitative estimate of drug-likeness (QED) is 0.594. The van der Waals surface area contributed by atoms with Gasteiger partial charge in [-0.3, -0.25) is 9.10 Å². The number of sulfonamides is 1. The SMILES string of the molecule is CCOC(=O)c1ccccc1NC(=O)CN1c2ccc(C)cc2-c2ccccc2S1(=O)=O. The van der Waals surface area contributed by atoms with Gasteiger partial charge in [0.1, 0.15) is 6.54 Å². The van der Waals surface area contributed by atoms with Gasteiger partial charge in [-0.05, 0) is 44.2 Å². The molecule has 0 spiro atoms. The van der Waals surface area contributed by atoms with E-state index in [9.17, 15) is 18.0 Å². The summed E-state index contributed by atoms with van der Waals surface area (Å²) < 4.78 is 32.9. The Morgan fingerprint density at radius 1 is 0.969 bits per heavy atom. The van der Waals surface area contributed by atoms with Crippen LogP contribution >= 0.6 is 0 Å². The third kappa shape index (κ3) is 3.85. The Morgan fingerprint density at radius 2 is 1.69 bits per heavy atom. The number of hydrogen-bond donors (Lipinski definition) is 1. The van der Waals surface area contributed by atoms with Gasteiger partial charge in [0.25, 0.3) is 10.0 Å². The van der Waals surface area contributed by atoms with Gasteiger partial charge in [0.05, 0.1) is 28.4 Å². The van der Waals surface area contributed by atoms with Crippen LogP contribution in [-0.2, 0) is 19.6 Å². The highest BCUT2D eigenvalue weighted by atomic mass is 32.2. The molecular weight excluding hydrogens is 428 g/mol. The zero-order valence-corrected chi connectivity index (χ0v) is 18.5. The molecule has 4 rings (SSSR count). The molecule has 0 unspecified atom stereocenters. The average molecular weight is 451 g/mol. The highest BCUT2D eigenvalue weighted by Crippen LogP contribution is 2.43. The van der Waals surface area contributed by atoms with Crippen LogP contribution in [0.25, 0.3) is 11.1 Å². The molecule has 0 aromatic heterocycles. The smallest absolute Gasteiger partial charge is 0.340 e. The second kappa shape index (κ2) is 8.47. The molecule has 1 aliphatic rings. The van der Waals surface area contributed by atoms with Crippen molar-refractivity contribution in [2.75, 3.05) is 22.8 Å². The second-order valence-electron chi connectivity index (χ2n) is 7.34. The van der Waals surface area contributed by atoms with E-state index in [1.165, 1.54) is 6.07 Å². The maximum atomic E-state index is 13.4. The molecule has 3 aromatic carbocycles. The number of ether oxygens (including phenoxy) is 1. The van der Waals surface area contributed by atoms with Crippen molar-refractivity contribution in [2.45, 2.75) is 18.7 Å². The summed E-state index contributed by atoms with van der Waals surface area (Å²) in [7, 11) is -3.95. The molecule has 1 amide bonds. The van der Waals surface area contributed by atoms with Crippen LogP contribution in [0.1, 0.15) is 22.8 Å². The summed E-state index contributed by atoms with van der Waals surface area (Å²) in [6.07, 6.45) is 0. The lowest BCUT2D eigenvalue weighted by molar-refractivity contribution is -0.114. The Balaban J connectivity index is 1.69. The molecule has 0 saturated carbocycles. The lowest BCUT2D eigenvalue weighted by Crippen LogP contribution is -2.40. The summed E-state index contributed by atoms with van der Waals surface area (Å²) in [5.41, 5.74) is 3.22. The monoisotopic (exact) mass is 450 g/mol. The van der Waals surface area contributed by atoms with E-state index in [-0.39, 0.29) is 22.8 Å². The molecule has 3 aromatic rings. The van der Waals surface area contributed by atoms with Crippen molar-refractivity contribution >= 4 is 33.3 Å². The average Bonchev–Trinajstić information content (AvgIpc) is 2.77. The number of nitrogens with zero attached hydrogens (tertiary/aromatic N) is 1. The number of aryl methyl sites for hydroxylation is 1. The third-order valence-corrected chi connectivity index (χ3v) is 6.97. The zero-order chi connectivity index (χ0) is 22.9. The molecule has 0 atom stereocenters. The summed E-state index contributed by atoms with van der Waals surface area (Å²) in [5.74, 6) is -1.14. The maximum Gasteiger partial charge on any atom is 0.340 e. The molecule has 0 aliphatic carbocycles. The Bertz CT molecular complexity index is 1320. The minimum absolute atomic E-state index is 0.151. The van der Waals surface area contributed by atoms with E-state index < -0.39 is 28.4 Å². The fraction of sp³-hybridized carbons (Fsp3) is 0.167. The number of hydrogen-bond acceptors (Lipinski definition) is 5. The van der Waals surface area contributed by atoms with Crippen molar-refractivity contribution in [3.63, 3.8) is 0 Å². The predicted octanol–water partition coefficient (Wildman–Crippen LogP) is 3.99. The summed E-state index contributed by atoms with van der Waals surface area (Å²) in [4.78, 5) is 25.3. The number of amides is 1. The number of esters is 1. The normalized spacial score (nSPS) is 13.6. The number of carbonyl (C=O) groups excluding carboxylic acids is 2. The van der Waals surface area contributed by atoms with Crippen molar-refractivity contribution in [1.82, 2.24) is 0 Å². The molecule has 7 nitrogen and oxygen atoms in total. The molecular formula is C24H22N2O5S.